The van der Waals surface area contributed by atoms with E-state index in [-0.39, 0.29) is 22.0 Å². The number of halogens is 4. The molecular formula is C29H19ClF3N3O5S2. The topological polar surface area (TPSA) is 109 Å². The Bertz CT molecular complexity index is 1840. The normalized spacial score (nSPS) is 19.7. The number of imide groups is 1. The molecule has 0 radical (unpaired) electrons. The van der Waals surface area contributed by atoms with E-state index >= 15 is 0 Å². The second kappa shape index (κ2) is 10.9. The molecular weight excluding hydrogens is 627 g/mol. The summed E-state index contributed by atoms with van der Waals surface area (Å²) in [6.45, 7) is -0.412. The number of para-hydroxylation sites is 1. The van der Waals surface area contributed by atoms with Crippen LogP contribution in [0.2, 0.25) is 5.02 Å². The van der Waals surface area contributed by atoms with Crippen molar-refractivity contribution in [2.24, 2.45) is 5.92 Å². The standard InChI is InChI=1S/C29H19ClF3N3O5S2/c30-15-8-10-16(11-9-15)34-20(38)13-35-27-24(43-28(35)41)21(18-6-1-2-7-19(18)37)22-23(42-27)26(40)36(25(22)39)17-5-3-4-14(12-17)29(31,32)33/h1-12,21-23,37H,13H2,(H,34,38)/t21-,22+,23-/m0/s1. The van der Waals surface area contributed by atoms with Crippen LogP contribution in [0.25, 0.3) is 0 Å². The number of anilines is 2. The highest BCUT2D eigenvalue weighted by Gasteiger charge is 2.57. The average molecular weight is 646 g/mol. The van der Waals surface area contributed by atoms with Gasteiger partial charge in [0.2, 0.25) is 17.7 Å². The zero-order chi connectivity index (χ0) is 30.6. The number of hydrogen-bond acceptors (Lipinski definition) is 7. The molecule has 0 aliphatic carbocycles. The highest BCUT2D eigenvalue weighted by molar-refractivity contribution is 8.00. The third-order valence-electron chi connectivity index (χ3n) is 7.18. The Balaban J connectivity index is 1.42. The molecule has 8 nitrogen and oxygen atoms in total. The Morgan fingerprint density at radius 3 is 2.40 bits per heavy atom. The van der Waals surface area contributed by atoms with Crippen molar-refractivity contribution in [1.82, 2.24) is 4.57 Å². The van der Waals surface area contributed by atoms with Crippen LogP contribution in [0, 0.1) is 5.92 Å². The monoisotopic (exact) mass is 645 g/mol. The zero-order valence-electron chi connectivity index (χ0n) is 21.7. The number of thioether (sulfide) groups is 1. The van der Waals surface area contributed by atoms with Gasteiger partial charge in [0.05, 0.1) is 22.2 Å². The van der Waals surface area contributed by atoms with Crippen molar-refractivity contribution in [3.8, 4) is 5.75 Å². The Labute approximate surface area is 254 Å². The lowest BCUT2D eigenvalue weighted by Crippen LogP contribution is -2.33. The van der Waals surface area contributed by atoms with Gasteiger partial charge in [0.25, 0.3) is 0 Å². The summed E-state index contributed by atoms with van der Waals surface area (Å²) >= 11 is 7.59. The number of carbonyl (C=O) groups excluding carboxylic acids is 3. The number of phenolic OH excluding ortho intramolecular Hbond substituents is 1. The third kappa shape index (κ3) is 5.21. The second-order valence-corrected chi connectivity index (χ2v) is 12.4. The summed E-state index contributed by atoms with van der Waals surface area (Å²) in [6.07, 6.45) is -4.70. The Hall–Kier alpha value is -4.07. The SMILES string of the molecule is O=C(Cn1c2c(sc1=O)[C@@H](c1ccccc1O)[C@H]1C(=O)N(c3cccc(C(F)(F)F)c3)C(=O)[C@H]1S2)Nc1ccc(Cl)cc1. The van der Waals surface area contributed by atoms with Gasteiger partial charge in [-0.1, -0.05) is 59.0 Å². The van der Waals surface area contributed by atoms with E-state index < -0.39 is 58.0 Å². The summed E-state index contributed by atoms with van der Waals surface area (Å²) in [7, 11) is 0. The fourth-order valence-electron chi connectivity index (χ4n) is 5.29. The minimum atomic E-state index is -4.70. The maximum Gasteiger partial charge on any atom is 0.416 e. The van der Waals surface area contributed by atoms with Gasteiger partial charge in [-0.15, -0.1) is 0 Å². The molecule has 3 heterocycles. The highest BCUT2D eigenvalue weighted by atomic mass is 35.5. The van der Waals surface area contributed by atoms with E-state index in [9.17, 15) is 37.5 Å². The minimum absolute atomic E-state index is 0.185. The van der Waals surface area contributed by atoms with Gasteiger partial charge in [-0.2, -0.15) is 13.2 Å². The molecule has 0 spiro atoms. The molecule has 0 bridgehead atoms. The number of nitrogens with one attached hydrogen (secondary N) is 1. The largest absolute Gasteiger partial charge is 0.508 e. The van der Waals surface area contributed by atoms with Gasteiger partial charge in [0.1, 0.15) is 17.5 Å². The summed E-state index contributed by atoms with van der Waals surface area (Å²) in [5.41, 5.74) is -0.547. The third-order valence-corrected chi connectivity index (χ3v) is 10.0. The zero-order valence-corrected chi connectivity index (χ0v) is 24.1. The number of hydrogen-bond donors (Lipinski definition) is 2. The van der Waals surface area contributed by atoms with Crippen LogP contribution in [0.3, 0.4) is 0 Å². The molecule has 3 amide bonds. The number of nitrogens with zero attached hydrogens (tertiary/aromatic N) is 2. The second-order valence-electron chi connectivity index (χ2n) is 9.84. The quantitative estimate of drug-likeness (QED) is 0.269. The first-order valence-electron chi connectivity index (χ1n) is 12.7. The number of carbonyl (C=O) groups is 3. The van der Waals surface area contributed by atoms with Crippen LogP contribution in [-0.2, 0) is 27.1 Å². The fraction of sp³-hybridized carbons (Fsp3) is 0.172. The number of thiazole rings is 1. The van der Waals surface area contributed by atoms with Gasteiger partial charge in [-0.3, -0.25) is 23.7 Å². The molecule has 2 aliphatic rings. The first-order valence-corrected chi connectivity index (χ1v) is 14.8. The van der Waals surface area contributed by atoms with E-state index in [1.165, 1.54) is 16.7 Å². The first-order chi connectivity index (χ1) is 20.4. The molecule has 2 N–H and O–H groups in total. The van der Waals surface area contributed by atoms with Crippen LogP contribution in [0.5, 0.6) is 5.75 Å². The first kappa shape index (κ1) is 29.0. The van der Waals surface area contributed by atoms with Gasteiger partial charge in [0, 0.05) is 27.1 Å². The molecule has 1 fully saturated rings. The number of amides is 3. The van der Waals surface area contributed by atoms with Crippen molar-refractivity contribution in [2.75, 3.05) is 10.2 Å². The van der Waals surface area contributed by atoms with Crippen molar-refractivity contribution in [1.29, 1.82) is 0 Å². The molecule has 2 aliphatic heterocycles. The lowest BCUT2D eigenvalue weighted by atomic mass is 9.82. The van der Waals surface area contributed by atoms with Crippen molar-refractivity contribution < 1.29 is 32.7 Å². The van der Waals surface area contributed by atoms with Gasteiger partial charge >= 0.3 is 11.0 Å². The molecule has 1 aromatic heterocycles. The summed E-state index contributed by atoms with van der Waals surface area (Å²) in [6, 6.07) is 16.4. The van der Waals surface area contributed by atoms with Crippen LogP contribution < -0.4 is 15.1 Å². The molecule has 4 aromatic rings. The summed E-state index contributed by atoms with van der Waals surface area (Å²) < 4.78 is 41.6. The van der Waals surface area contributed by atoms with Gasteiger partial charge in [-0.05, 0) is 48.5 Å². The van der Waals surface area contributed by atoms with Crippen LogP contribution in [0.15, 0.2) is 82.6 Å². The van der Waals surface area contributed by atoms with Crippen molar-refractivity contribution >= 4 is 63.8 Å². The lowest BCUT2D eigenvalue weighted by molar-refractivity contribution is -0.137. The number of fused-ring (bicyclic) bond motifs is 2. The smallest absolute Gasteiger partial charge is 0.416 e. The molecule has 0 unspecified atom stereocenters. The fourth-order valence-corrected chi connectivity index (χ4v) is 8.18. The van der Waals surface area contributed by atoms with Crippen LogP contribution >= 0.6 is 34.7 Å². The number of benzene rings is 3. The lowest BCUT2D eigenvalue weighted by Gasteiger charge is -2.31. The summed E-state index contributed by atoms with van der Waals surface area (Å²) in [4.78, 5) is 54.4. The molecule has 6 rings (SSSR count). The molecule has 220 valence electrons. The molecule has 0 saturated carbocycles. The molecule has 43 heavy (non-hydrogen) atoms. The van der Waals surface area contributed by atoms with Crippen molar-refractivity contribution in [3.05, 3.63) is 103 Å². The predicted molar refractivity (Wildman–Crippen MR) is 156 cm³/mol. The van der Waals surface area contributed by atoms with Gasteiger partial charge < -0.3 is 10.4 Å². The average Bonchev–Trinajstić information content (AvgIpc) is 3.40. The van der Waals surface area contributed by atoms with E-state index in [1.54, 1.807) is 42.5 Å². The van der Waals surface area contributed by atoms with E-state index in [4.69, 9.17) is 11.6 Å². The van der Waals surface area contributed by atoms with Crippen LogP contribution in [0.4, 0.5) is 24.5 Å². The molecule has 3 atom stereocenters. The number of rotatable bonds is 5. The van der Waals surface area contributed by atoms with Crippen molar-refractivity contribution in [2.45, 2.75) is 28.9 Å². The number of phenols is 1. The van der Waals surface area contributed by atoms with Gasteiger partial charge in [-0.25, -0.2) is 4.90 Å². The van der Waals surface area contributed by atoms with E-state index in [0.29, 0.717) is 15.6 Å². The van der Waals surface area contributed by atoms with E-state index in [2.05, 4.69) is 5.32 Å². The van der Waals surface area contributed by atoms with Crippen molar-refractivity contribution in [3.63, 3.8) is 0 Å². The predicted octanol–water partition coefficient (Wildman–Crippen LogP) is 5.72. The maximum atomic E-state index is 13.9. The minimum Gasteiger partial charge on any atom is -0.508 e. The maximum absolute atomic E-state index is 13.9. The highest BCUT2D eigenvalue weighted by Crippen LogP contribution is 2.55. The van der Waals surface area contributed by atoms with Crippen LogP contribution in [0.1, 0.15) is 21.9 Å². The number of aromatic hydroxyl groups is 1. The molecule has 3 aromatic carbocycles. The number of aromatic nitrogens is 1. The van der Waals surface area contributed by atoms with Gasteiger partial charge in [0.15, 0.2) is 0 Å². The van der Waals surface area contributed by atoms with Crippen LogP contribution in [-0.4, -0.2) is 32.6 Å². The Morgan fingerprint density at radius 2 is 1.70 bits per heavy atom. The van der Waals surface area contributed by atoms with E-state index in [1.807, 2.05) is 0 Å². The number of alkyl halides is 3. The Morgan fingerprint density at radius 1 is 0.977 bits per heavy atom. The van der Waals surface area contributed by atoms with E-state index in [0.717, 1.165) is 46.2 Å². The summed E-state index contributed by atoms with van der Waals surface area (Å²) in [5, 5.41) is 13.1. The molecule has 1 saturated heterocycles. The summed E-state index contributed by atoms with van der Waals surface area (Å²) in [5.74, 6) is -4.36. The molecule has 14 heteroatoms. The Kier molecular flexibility index (Phi) is 7.35.